The summed E-state index contributed by atoms with van der Waals surface area (Å²) < 4.78 is 57.1. The van der Waals surface area contributed by atoms with E-state index < -0.39 is 47.4 Å². The molecule has 12 heteroatoms. The van der Waals surface area contributed by atoms with E-state index in [0.717, 1.165) is 13.1 Å². The quantitative estimate of drug-likeness (QED) is 0.575. The maximum absolute atomic E-state index is 14.2. The van der Waals surface area contributed by atoms with Gasteiger partial charge in [-0.05, 0) is 17.7 Å². The molecule has 26 heavy (non-hydrogen) atoms. The first-order valence-electron chi connectivity index (χ1n) is 6.66. The second kappa shape index (κ2) is 6.83. The van der Waals surface area contributed by atoms with Gasteiger partial charge in [0.05, 0.1) is 12.3 Å². The van der Waals surface area contributed by atoms with Crippen molar-refractivity contribution in [1.29, 1.82) is 0 Å². The van der Waals surface area contributed by atoms with Crippen LogP contribution in [0.25, 0.3) is 5.69 Å². The van der Waals surface area contributed by atoms with Crippen LogP contribution in [-0.4, -0.2) is 15.3 Å². The molecule has 7 nitrogen and oxygen atoms in total. The van der Waals surface area contributed by atoms with Crippen LogP contribution < -0.4 is 16.4 Å². The average molecular weight is 396 g/mol. The molecule has 0 aliphatic rings. The smallest absolute Gasteiger partial charge is 0.431 e. The fourth-order valence-corrected chi connectivity index (χ4v) is 2.32. The largest absolute Gasteiger partial charge is 0.545 e. The summed E-state index contributed by atoms with van der Waals surface area (Å²) in [5, 5.41) is 10.0. The number of hydrogen-bond donors (Lipinski definition) is 0. The minimum Gasteiger partial charge on any atom is -0.545 e. The summed E-state index contributed by atoms with van der Waals surface area (Å²) in [6.07, 6.45) is -6.88. The van der Waals surface area contributed by atoms with E-state index in [-0.39, 0.29) is 25.8 Å². The van der Waals surface area contributed by atoms with E-state index >= 15 is 0 Å². The van der Waals surface area contributed by atoms with E-state index in [4.69, 9.17) is 11.6 Å². The third kappa shape index (κ3) is 3.72. The normalized spacial score (nSPS) is 11.5. The molecule has 1 aromatic carbocycles. The van der Waals surface area contributed by atoms with Gasteiger partial charge in [-0.3, -0.25) is 9.36 Å². The Hall–Kier alpha value is -2.82. The van der Waals surface area contributed by atoms with Gasteiger partial charge in [0.2, 0.25) is 0 Å². The molecule has 0 bridgehead atoms. The highest BCUT2D eigenvalue weighted by Crippen LogP contribution is 2.27. The van der Waals surface area contributed by atoms with Crippen molar-refractivity contribution in [3.63, 3.8) is 0 Å². The van der Waals surface area contributed by atoms with Gasteiger partial charge in [0, 0.05) is 18.1 Å². The Balaban J connectivity index is 2.71. The fraction of sp³-hybridized carbons (Fsp3) is 0.214. The Morgan fingerprint density at radius 3 is 2.42 bits per heavy atom. The molecule has 1 aromatic heterocycles. The topological polar surface area (TPSA) is 93.4 Å². The molecule has 0 atom stereocenters. The van der Waals surface area contributed by atoms with Crippen LogP contribution >= 0.6 is 11.6 Å². The van der Waals surface area contributed by atoms with Crippen molar-refractivity contribution in [3.8, 4) is 5.69 Å². The number of carboxylic acid groups (broad SMARTS) is 1. The molecule has 1 heterocycles. The molecule has 0 N–H and O–H groups in total. The molecule has 140 valence electrons. The molecule has 2 rings (SSSR count). The number of ether oxygens (including phenoxy) is 1. The number of alkyl halides is 3. The highest BCUT2D eigenvalue weighted by atomic mass is 35.5. The Morgan fingerprint density at radius 2 is 1.88 bits per heavy atom. The van der Waals surface area contributed by atoms with Gasteiger partial charge in [-0.15, -0.1) is 0 Å². The van der Waals surface area contributed by atoms with Crippen LogP contribution in [0.5, 0.6) is 0 Å². The first-order chi connectivity index (χ1) is 11.9. The molecule has 0 aliphatic heterocycles. The van der Waals surface area contributed by atoms with Crippen molar-refractivity contribution in [1.82, 2.24) is 9.13 Å². The molecule has 0 aliphatic carbocycles. The molecular formula is C14H8ClF4N2O5-. The fourth-order valence-electron chi connectivity index (χ4n) is 2.12. The Labute approximate surface area is 146 Å². The highest BCUT2D eigenvalue weighted by Gasteiger charge is 2.35. The number of carbonyl (C=O) groups is 1. The minimum absolute atomic E-state index is 0.132. The Bertz CT molecular complexity index is 997. The van der Waals surface area contributed by atoms with Crippen LogP contribution in [0, 0.1) is 5.82 Å². The Kier molecular flexibility index (Phi) is 5.12. The zero-order valence-electron chi connectivity index (χ0n) is 12.8. The van der Waals surface area contributed by atoms with E-state index in [1.807, 2.05) is 0 Å². The maximum Gasteiger partial charge on any atom is 0.431 e. The van der Waals surface area contributed by atoms with Crippen LogP contribution in [-0.2, 0) is 24.6 Å². The number of halogens is 5. The van der Waals surface area contributed by atoms with Crippen LogP contribution in [0.15, 0.2) is 27.8 Å². The van der Waals surface area contributed by atoms with Crippen LogP contribution in [0.3, 0.4) is 0 Å². The number of carbonyl (C=O) groups excluding carboxylic acids is 1. The van der Waals surface area contributed by atoms with Gasteiger partial charge in [-0.2, -0.15) is 13.2 Å². The van der Waals surface area contributed by atoms with E-state index in [2.05, 4.69) is 4.74 Å². The molecular weight excluding hydrogens is 388 g/mol. The zero-order valence-corrected chi connectivity index (χ0v) is 13.5. The van der Waals surface area contributed by atoms with Crippen LogP contribution in [0.1, 0.15) is 11.3 Å². The van der Waals surface area contributed by atoms with Gasteiger partial charge in [0.15, 0.2) is 0 Å². The average Bonchev–Trinajstić information content (AvgIpc) is 2.50. The highest BCUT2D eigenvalue weighted by molar-refractivity contribution is 6.31. The lowest BCUT2D eigenvalue weighted by Gasteiger charge is -2.16. The second-order valence-electron chi connectivity index (χ2n) is 4.98. The first kappa shape index (κ1) is 19.5. The van der Waals surface area contributed by atoms with Crippen molar-refractivity contribution in [2.75, 3.05) is 0 Å². The molecule has 0 saturated carbocycles. The molecule has 0 amide bonds. The lowest BCUT2D eigenvalue weighted by Crippen LogP contribution is -2.41. The number of rotatable bonds is 3. The summed E-state index contributed by atoms with van der Waals surface area (Å²) in [7, 11) is 0.759. The van der Waals surface area contributed by atoms with E-state index in [0.29, 0.717) is 6.07 Å². The molecule has 0 saturated heterocycles. The number of benzene rings is 1. The molecule has 0 spiro atoms. The Morgan fingerprint density at radius 1 is 1.27 bits per heavy atom. The summed E-state index contributed by atoms with van der Waals surface area (Å²) in [6.45, 7) is -0.690. The molecule has 0 unspecified atom stereocenters. The minimum atomic E-state index is -4.97. The first-order valence-corrected chi connectivity index (χ1v) is 7.03. The molecule has 0 fully saturated rings. The van der Waals surface area contributed by atoms with E-state index in [1.54, 1.807) is 0 Å². The summed E-state index contributed by atoms with van der Waals surface area (Å²) in [5.74, 6) is -1.19. The number of nitrogens with zero attached hydrogens (tertiary/aromatic N) is 2. The SMILES string of the molecule is Cn1c(C(F)(F)F)cc(=O)n(-c2cc(COC(=O)[O-])c(Cl)cc2F)c1=O. The lowest BCUT2D eigenvalue weighted by molar-refractivity contribution is -0.284. The second-order valence-corrected chi connectivity index (χ2v) is 5.38. The van der Waals surface area contributed by atoms with Crippen molar-refractivity contribution < 1.29 is 32.2 Å². The van der Waals surface area contributed by atoms with Crippen molar-refractivity contribution >= 4 is 17.8 Å². The summed E-state index contributed by atoms with van der Waals surface area (Å²) in [5.41, 5.74) is -5.27. The predicted octanol–water partition coefficient (Wildman–Crippen LogP) is 1.21. The molecule has 2 aromatic rings. The van der Waals surface area contributed by atoms with Gasteiger partial charge >= 0.3 is 11.9 Å². The van der Waals surface area contributed by atoms with Gasteiger partial charge in [0.1, 0.15) is 11.5 Å². The van der Waals surface area contributed by atoms with Crippen molar-refractivity contribution in [2.45, 2.75) is 12.8 Å². The van der Waals surface area contributed by atoms with Gasteiger partial charge < -0.3 is 14.6 Å². The summed E-state index contributed by atoms with van der Waals surface area (Å²) in [4.78, 5) is 34.5. The predicted molar refractivity (Wildman–Crippen MR) is 77.4 cm³/mol. The third-order valence-electron chi connectivity index (χ3n) is 3.31. The summed E-state index contributed by atoms with van der Waals surface area (Å²) >= 11 is 5.72. The number of hydrogen-bond acceptors (Lipinski definition) is 5. The van der Waals surface area contributed by atoms with Crippen LogP contribution in [0.2, 0.25) is 5.02 Å². The zero-order chi connectivity index (χ0) is 19.8. The van der Waals surface area contributed by atoms with Gasteiger partial charge in [-0.1, -0.05) is 11.6 Å². The standard InChI is InChI=1S/C14H9ClF4N2O5/c1-20-10(14(17,18)19)4-11(22)21(12(20)23)9-2-6(5-26-13(24)25)7(15)3-8(9)16/h2-4H,5H2,1H3,(H,24,25)/p-1. The van der Waals surface area contributed by atoms with E-state index in [1.165, 1.54) is 0 Å². The van der Waals surface area contributed by atoms with Gasteiger partial charge in [-0.25, -0.2) is 13.8 Å². The number of aromatic nitrogens is 2. The van der Waals surface area contributed by atoms with Crippen LogP contribution in [0.4, 0.5) is 22.4 Å². The molecule has 0 radical (unpaired) electrons. The lowest BCUT2D eigenvalue weighted by atomic mass is 10.2. The van der Waals surface area contributed by atoms with Crippen molar-refractivity contribution in [3.05, 3.63) is 61.1 Å². The van der Waals surface area contributed by atoms with E-state index in [9.17, 15) is 37.1 Å². The monoisotopic (exact) mass is 395 g/mol. The maximum atomic E-state index is 14.2. The third-order valence-corrected chi connectivity index (χ3v) is 3.66. The summed E-state index contributed by atoms with van der Waals surface area (Å²) in [6, 6.07) is 1.61. The van der Waals surface area contributed by atoms with Crippen molar-refractivity contribution in [2.24, 2.45) is 7.05 Å². The van der Waals surface area contributed by atoms with Gasteiger partial charge in [0.25, 0.3) is 11.7 Å².